The Labute approximate surface area is 165 Å². The number of benzene rings is 1. The lowest BCUT2D eigenvalue weighted by atomic mass is 10.0. The molecule has 0 bridgehead atoms. The molecule has 0 amide bonds. The zero-order chi connectivity index (χ0) is 19.9. The number of aromatic nitrogens is 4. The maximum Gasteiger partial charge on any atom is 0.355 e. The summed E-state index contributed by atoms with van der Waals surface area (Å²) < 4.78 is 2.03. The molecule has 3 aromatic rings. The average molecular weight is 378 g/mol. The van der Waals surface area contributed by atoms with Crippen molar-refractivity contribution in [1.29, 1.82) is 0 Å². The van der Waals surface area contributed by atoms with Crippen LogP contribution in [0.4, 0.5) is 0 Å². The fourth-order valence-electron chi connectivity index (χ4n) is 3.19. The fourth-order valence-corrected chi connectivity index (χ4v) is 3.19. The zero-order valence-electron chi connectivity index (χ0n) is 16.4. The zero-order valence-corrected chi connectivity index (χ0v) is 16.4. The molecule has 0 saturated heterocycles. The van der Waals surface area contributed by atoms with E-state index in [-0.39, 0.29) is 5.69 Å². The number of carboxylic acids is 1. The van der Waals surface area contributed by atoms with E-state index in [1.54, 1.807) is 12.1 Å². The first kappa shape index (κ1) is 19.7. The van der Waals surface area contributed by atoms with E-state index in [0.29, 0.717) is 12.0 Å². The molecule has 2 aromatic heterocycles. The summed E-state index contributed by atoms with van der Waals surface area (Å²) in [6.07, 6.45) is 6.50. The standard InChI is InChI=1S/C22H26N4O2/c1-3-5-6-14-26-20(24-19(4-2)25-26)15-16-9-11-17(12-10-16)18-8-7-13-23-21(18)22(27)28/h7-13H,3-6,14-15H2,1-2H3,(H,27,28). The summed E-state index contributed by atoms with van der Waals surface area (Å²) in [5.74, 6) is 0.838. The van der Waals surface area contributed by atoms with Gasteiger partial charge in [0.15, 0.2) is 11.5 Å². The number of rotatable bonds is 9. The van der Waals surface area contributed by atoms with Crippen molar-refractivity contribution in [2.45, 2.75) is 52.5 Å². The van der Waals surface area contributed by atoms with Crippen LogP contribution in [0, 0.1) is 0 Å². The molecule has 0 aliphatic rings. The Balaban J connectivity index is 1.80. The maximum atomic E-state index is 11.4. The highest BCUT2D eigenvalue weighted by Crippen LogP contribution is 2.23. The van der Waals surface area contributed by atoms with E-state index in [9.17, 15) is 9.90 Å². The molecule has 0 spiro atoms. The summed E-state index contributed by atoms with van der Waals surface area (Å²) in [7, 11) is 0. The highest BCUT2D eigenvalue weighted by atomic mass is 16.4. The van der Waals surface area contributed by atoms with Gasteiger partial charge in [0.1, 0.15) is 5.82 Å². The lowest BCUT2D eigenvalue weighted by Crippen LogP contribution is -2.07. The van der Waals surface area contributed by atoms with Gasteiger partial charge in [-0.15, -0.1) is 0 Å². The molecule has 0 aliphatic heterocycles. The molecule has 146 valence electrons. The summed E-state index contributed by atoms with van der Waals surface area (Å²) in [5, 5.41) is 14.0. The Morgan fingerprint density at radius 1 is 1.11 bits per heavy atom. The number of pyridine rings is 1. The third-order valence-corrected chi connectivity index (χ3v) is 4.72. The SMILES string of the molecule is CCCCCn1nc(CC)nc1Cc1ccc(-c2cccnc2C(=O)O)cc1. The minimum Gasteiger partial charge on any atom is -0.476 e. The Kier molecular flexibility index (Phi) is 6.53. The van der Waals surface area contributed by atoms with Crippen LogP contribution in [0.15, 0.2) is 42.6 Å². The van der Waals surface area contributed by atoms with Gasteiger partial charge in [-0.25, -0.2) is 19.4 Å². The van der Waals surface area contributed by atoms with Crippen LogP contribution in [0.3, 0.4) is 0 Å². The third kappa shape index (κ3) is 4.63. The van der Waals surface area contributed by atoms with Crippen molar-refractivity contribution < 1.29 is 9.90 Å². The third-order valence-electron chi connectivity index (χ3n) is 4.72. The van der Waals surface area contributed by atoms with Crippen molar-refractivity contribution in [2.75, 3.05) is 0 Å². The van der Waals surface area contributed by atoms with Crippen LogP contribution in [0.1, 0.15) is 60.8 Å². The minimum atomic E-state index is -1.02. The molecule has 2 heterocycles. The summed E-state index contributed by atoms with van der Waals surface area (Å²) in [4.78, 5) is 20.1. The highest BCUT2D eigenvalue weighted by Gasteiger charge is 2.13. The smallest absolute Gasteiger partial charge is 0.355 e. The first-order chi connectivity index (χ1) is 13.6. The van der Waals surface area contributed by atoms with Crippen molar-refractivity contribution in [3.63, 3.8) is 0 Å². The van der Waals surface area contributed by atoms with Gasteiger partial charge in [-0.2, -0.15) is 5.10 Å². The van der Waals surface area contributed by atoms with Gasteiger partial charge in [-0.05, 0) is 23.6 Å². The lowest BCUT2D eigenvalue weighted by Gasteiger charge is -2.08. The van der Waals surface area contributed by atoms with Crippen LogP contribution in [-0.2, 0) is 19.4 Å². The Morgan fingerprint density at radius 2 is 1.89 bits per heavy atom. The average Bonchev–Trinajstić information content (AvgIpc) is 3.10. The normalized spacial score (nSPS) is 10.9. The molecule has 6 nitrogen and oxygen atoms in total. The Morgan fingerprint density at radius 3 is 2.57 bits per heavy atom. The van der Waals surface area contributed by atoms with E-state index in [0.717, 1.165) is 42.2 Å². The van der Waals surface area contributed by atoms with Crippen LogP contribution in [-0.4, -0.2) is 30.8 Å². The second-order valence-electron chi connectivity index (χ2n) is 6.81. The van der Waals surface area contributed by atoms with Crippen molar-refractivity contribution in [1.82, 2.24) is 19.7 Å². The largest absolute Gasteiger partial charge is 0.476 e. The molecule has 0 unspecified atom stereocenters. The predicted octanol–water partition coefficient (Wildman–Crippen LogP) is 4.38. The lowest BCUT2D eigenvalue weighted by molar-refractivity contribution is 0.0691. The van der Waals surface area contributed by atoms with Gasteiger partial charge < -0.3 is 5.11 Å². The highest BCUT2D eigenvalue weighted by molar-refractivity contribution is 5.93. The van der Waals surface area contributed by atoms with Crippen LogP contribution in [0.5, 0.6) is 0 Å². The van der Waals surface area contributed by atoms with Crippen LogP contribution in [0.2, 0.25) is 0 Å². The molecule has 0 fully saturated rings. The van der Waals surface area contributed by atoms with E-state index in [1.165, 1.54) is 19.0 Å². The Bertz CT molecular complexity index is 932. The van der Waals surface area contributed by atoms with Crippen molar-refractivity contribution in [3.05, 3.63) is 65.5 Å². The number of hydrogen-bond donors (Lipinski definition) is 1. The van der Waals surface area contributed by atoms with Gasteiger partial charge in [0.05, 0.1) is 0 Å². The first-order valence-corrected chi connectivity index (χ1v) is 9.82. The molecule has 1 N–H and O–H groups in total. The van der Waals surface area contributed by atoms with Crippen molar-refractivity contribution in [3.8, 4) is 11.1 Å². The summed E-state index contributed by atoms with van der Waals surface area (Å²) in [6, 6.07) is 11.5. The molecule has 6 heteroatoms. The van der Waals surface area contributed by atoms with Crippen LogP contribution >= 0.6 is 0 Å². The fraction of sp³-hybridized carbons (Fsp3) is 0.364. The molecular weight excluding hydrogens is 352 g/mol. The van der Waals surface area contributed by atoms with E-state index in [4.69, 9.17) is 0 Å². The summed E-state index contributed by atoms with van der Waals surface area (Å²) in [6.45, 7) is 5.16. The van der Waals surface area contributed by atoms with E-state index >= 15 is 0 Å². The maximum absolute atomic E-state index is 11.4. The molecule has 28 heavy (non-hydrogen) atoms. The van der Waals surface area contributed by atoms with Gasteiger partial charge in [0.25, 0.3) is 0 Å². The summed E-state index contributed by atoms with van der Waals surface area (Å²) in [5.41, 5.74) is 2.65. The van der Waals surface area contributed by atoms with Crippen LogP contribution < -0.4 is 0 Å². The van der Waals surface area contributed by atoms with Gasteiger partial charge in [-0.3, -0.25) is 0 Å². The number of carboxylic acid groups (broad SMARTS) is 1. The quantitative estimate of drug-likeness (QED) is 0.559. The predicted molar refractivity (Wildman–Crippen MR) is 108 cm³/mol. The molecule has 0 radical (unpaired) electrons. The van der Waals surface area contributed by atoms with Gasteiger partial charge >= 0.3 is 5.97 Å². The second kappa shape index (κ2) is 9.26. The van der Waals surface area contributed by atoms with E-state index in [1.807, 2.05) is 28.9 Å². The first-order valence-electron chi connectivity index (χ1n) is 9.82. The molecule has 1 aromatic carbocycles. The number of carbonyl (C=O) groups is 1. The second-order valence-corrected chi connectivity index (χ2v) is 6.81. The number of nitrogens with zero attached hydrogens (tertiary/aromatic N) is 4. The van der Waals surface area contributed by atoms with Gasteiger partial charge in [0.2, 0.25) is 0 Å². The van der Waals surface area contributed by atoms with E-state index < -0.39 is 5.97 Å². The van der Waals surface area contributed by atoms with Gasteiger partial charge in [0, 0.05) is 31.1 Å². The minimum absolute atomic E-state index is 0.0681. The molecule has 0 aliphatic carbocycles. The number of hydrogen-bond acceptors (Lipinski definition) is 4. The molecule has 0 saturated carbocycles. The van der Waals surface area contributed by atoms with Crippen molar-refractivity contribution in [2.24, 2.45) is 0 Å². The summed E-state index contributed by atoms with van der Waals surface area (Å²) >= 11 is 0. The molecule has 0 atom stereocenters. The molecule has 3 rings (SSSR count). The van der Waals surface area contributed by atoms with E-state index in [2.05, 4.69) is 28.9 Å². The molecular formula is C22H26N4O2. The van der Waals surface area contributed by atoms with Gasteiger partial charge in [-0.1, -0.05) is 57.0 Å². The Hall–Kier alpha value is -3.02. The monoisotopic (exact) mass is 378 g/mol. The van der Waals surface area contributed by atoms with Crippen molar-refractivity contribution >= 4 is 5.97 Å². The number of unbranched alkanes of at least 4 members (excludes halogenated alkanes) is 2. The topological polar surface area (TPSA) is 80.9 Å². The number of aromatic carboxylic acids is 1. The number of aryl methyl sites for hydroxylation is 2. The van der Waals surface area contributed by atoms with Crippen LogP contribution in [0.25, 0.3) is 11.1 Å².